The van der Waals surface area contributed by atoms with E-state index in [1.54, 1.807) is 11.8 Å². The van der Waals surface area contributed by atoms with Crippen molar-refractivity contribution in [1.82, 2.24) is 15.0 Å². The lowest BCUT2D eigenvalue weighted by Gasteiger charge is -2.00. The van der Waals surface area contributed by atoms with Crippen molar-refractivity contribution in [3.63, 3.8) is 0 Å². The molecule has 0 saturated heterocycles. The molecule has 2 aromatic rings. The van der Waals surface area contributed by atoms with Crippen molar-refractivity contribution < 1.29 is 0 Å². The van der Waals surface area contributed by atoms with E-state index in [1.807, 2.05) is 6.08 Å². The maximum absolute atomic E-state index is 4.05. The molecule has 2 rings (SSSR count). The first-order chi connectivity index (χ1) is 7.88. The highest BCUT2D eigenvalue weighted by atomic mass is 32.2. The van der Waals surface area contributed by atoms with Crippen LogP contribution in [0.15, 0.2) is 48.7 Å². The van der Waals surface area contributed by atoms with Gasteiger partial charge in [0.05, 0.1) is 0 Å². The van der Waals surface area contributed by atoms with Gasteiger partial charge in [0.2, 0.25) is 0 Å². The molecule has 1 heterocycles. The minimum absolute atomic E-state index is 0.753. The summed E-state index contributed by atoms with van der Waals surface area (Å²) in [4.78, 5) is 11.9. The zero-order valence-corrected chi connectivity index (χ0v) is 9.52. The maximum Gasteiger partial charge on any atom is 0.190 e. The fourth-order valence-electron chi connectivity index (χ4n) is 1.20. The topological polar surface area (TPSA) is 38.7 Å². The fraction of sp³-hybridized carbons (Fsp3) is 0.0833. The maximum atomic E-state index is 4.05. The summed E-state index contributed by atoms with van der Waals surface area (Å²) >= 11 is 1.60. The van der Waals surface area contributed by atoms with Gasteiger partial charge in [0, 0.05) is 5.75 Å². The Morgan fingerprint density at radius 2 is 1.81 bits per heavy atom. The second-order valence-electron chi connectivity index (χ2n) is 3.16. The fourth-order valence-corrected chi connectivity index (χ4v) is 1.93. The second kappa shape index (κ2) is 5.42. The van der Waals surface area contributed by atoms with E-state index in [4.69, 9.17) is 0 Å². The van der Waals surface area contributed by atoms with Gasteiger partial charge in [-0.05, 0) is 11.1 Å². The zero-order chi connectivity index (χ0) is 11.2. The lowest BCUT2D eigenvalue weighted by atomic mass is 10.1. The number of hydrogen-bond acceptors (Lipinski definition) is 4. The quantitative estimate of drug-likeness (QED) is 0.756. The highest BCUT2D eigenvalue weighted by Crippen LogP contribution is 2.18. The van der Waals surface area contributed by atoms with Crippen LogP contribution in [0.5, 0.6) is 0 Å². The number of nitrogens with zero attached hydrogens (tertiary/aromatic N) is 3. The van der Waals surface area contributed by atoms with Crippen molar-refractivity contribution in [2.24, 2.45) is 0 Å². The zero-order valence-electron chi connectivity index (χ0n) is 8.71. The van der Waals surface area contributed by atoms with Crippen LogP contribution in [-0.2, 0) is 5.75 Å². The molecule has 0 N–H and O–H groups in total. The third kappa shape index (κ3) is 2.90. The number of benzene rings is 1. The Hall–Kier alpha value is -1.68. The molecule has 80 valence electrons. The van der Waals surface area contributed by atoms with Crippen LogP contribution in [0.25, 0.3) is 6.08 Å². The van der Waals surface area contributed by atoms with Gasteiger partial charge in [-0.15, -0.1) is 0 Å². The van der Waals surface area contributed by atoms with Crippen molar-refractivity contribution in [1.29, 1.82) is 0 Å². The first-order valence-corrected chi connectivity index (χ1v) is 5.83. The van der Waals surface area contributed by atoms with Crippen molar-refractivity contribution in [2.45, 2.75) is 10.9 Å². The van der Waals surface area contributed by atoms with E-state index in [2.05, 4.69) is 45.8 Å². The Labute approximate surface area is 98.7 Å². The van der Waals surface area contributed by atoms with E-state index in [-0.39, 0.29) is 0 Å². The molecular weight excluding hydrogens is 218 g/mol. The van der Waals surface area contributed by atoms with E-state index >= 15 is 0 Å². The second-order valence-corrected chi connectivity index (χ2v) is 4.10. The summed E-state index contributed by atoms with van der Waals surface area (Å²) in [6.07, 6.45) is 4.86. The van der Waals surface area contributed by atoms with Crippen molar-refractivity contribution in [3.8, 4) is 0 Å². The molecule has 3 nitrogen and oxygen atoms in total. The molecule has 0 aliphatic heterocycles. The van der Waals surface area contributed by atoms with Crippen LogP contribution in [0.1, 0.15) is 11.1 Å². The van der Waals surface area contributed by atoms with Gasteiger partial charge >= 0.3 is 0 Å². The number of aromatic nitrogens is 3. The molecule has 4 heteroatoms. The highest BCUT2D eigenvalue weighted by molar-refractivity contribution is 7.98. The van der Waals surface area contributed by atoms with E-state index in [0.29, 0.717) is 0 Å². The molecule has 0 aliphatic carbocycles. The van der Waals surface area contributed by atoms with Crippen LogP contribution in [-0.4, -0.2) is 15.0 Å². The van der Waals surface area contributed by atoms with Crippen molar-refractivity contribution in [3.05, 3.63) is 54.6 Å². The highest BCUT2D eigenvalue weighted by Gasteiger charge is 1.97. The van der Waals surface area contributed by atoms with Gasteiger partial charge < -0.3 is 0 Å². The van der Waals surface area contributed by atoms with Crippen LogP contribution in [0.2, 0.25) is 0 Å². The number of thioether (sulfide) groups is 1. The largest absolute Gasteiger partial charge is 0.225 e. The normalized spacial score (nSPS) is 10.0. The molecule has 0 saturated carbocycles. The first-order valence-electron chi connectivity index (χ1n) is 4.84. The summed E-state index contributed by atoms with van der Waals surface area (Å²) in [5.74, 6) is 0.863. The summed E-state index contributed by atoms with van der Waals surface area (Å²) in [6, 6.07) is 8.28. The van der Waals surface area contributed by atoms with Crippen molar-refractivity contribution >= 4 is 17.8 Å². The first kappa shape index (κ1) is 10.8. The summed E-state index contributed by atoms with van der Waals surface area (Å²) in [6.45, 7) is 3.72. The Kier molecular flexibility index (Phi) is 3.66. The van der Waals surface area contributed by atoms with Gasteiger partial charge in [-0.1, -0.05) is 48.7 Å². The minimum Gasteiger partial charge on any atom is -0.225 e. The van der Waals surface area contributed by atoms with Crippen LogP contribution in [0, 0.1) is 0 Å². The Balaban J connectivity index is 1.97. The van der Waals surface area contributed by atoms with E-state index in [1.165, 1.54) is 18.2 Å². The van der Waals surface area contributed by atoms with Gasteiger partial charge in [-0.2, -0.15) is 0 Å². The molecule has 16 heavy (non-hydrogen) atoms. The van der Waals surface area contributed by atoms with Gasteiger partial charge in [0.25, 0.3) is 0 Å². The van der Waals surface area contributed by atoms with Crippen molar-refractivity contribution in [2.75, 3.05) is 0 Å². The van der Waals surface area contributed by atoms with Gasteiger partial charge in [-0.25, -0.2) is 15.0 Å². The predicted octanol–water partition coefficient (Wildman–Crippen LogP) is 2.81. The summed E-state index contributed by atoms with van der Waals surface area (Å²) in [5.41, 5.74) is 2.38. The Bertz CT molecular complexity index is 453. The molecule has 0 spiro atoms. The van der Waals surface area contributed by atoms with E-state index in [9.17, 15) is 0 Å². The summed E-state index contributed by atoms with van der Waals surface area (Å²) in [7, 11) is 0. The van der Waals surface area contributed by atoms with E-state index in [0.717, 1.165) is 16.5 Å². The smallest absolute Gasteiger partial charge is 0.190 e. The van der Waals surface area contributed by atoms with E-state index < -0.39 is 0 Å². The Morgan fingerprint density at radius 1 is 1.12 bits per heavy atom. The van der Waals surface area contributed by atoms with Crippen LogP contribution in [0.4, 0.5) is 0 Å². The predicted molar refractivity (Wildman–Crippen MR) is 65.9 cm³/mol. The molecule has 0 amide bonds. The molecule has 0 fully saturated rings. The number of hydrogen-bond donors (Lipinski definition) is 0. The van der Waals surface area contributed by atoms with Crippen LogP contribution < -0.4 is 0 Å². The molecule has 0 bridgehead atoms. The Morgan fingerprint density at radius 3 is 2.44 bits per heavy atom. The average molecular weight is 229 g/mol. The van der Waals surface area contributed by atoms with Gasteiger partial charge in [0.15, 0.2) is 5.16 Å². The third-order valence-corrected chi connectivity index (χ3v) is 3.00. The molecule has 1 aromatic heterocycles. The summed E-state index contributed by atoms with van der Waals surface area (Å²) < 4.78 is 0. The lowest BCUT2D eigenvalue weighted by molar-refractivity contribution is 0.901. The molecule has 0 unspecified atom stereocenters. The van der Waals surface area contributed by atoms with Crippen LogP contribution >= 0.6 is 11.8 Å². The molecular formula is C12H11N3S. The molecule has 1 aromatic carbocycles. The minimum atomic E-state index is 0.753. The number of rotatable bonds is 4. The third-order valence-electron chi connectivity index (χ3n) is 2.05. The standard InChI is InChI=1S/C12H11N3S/c1-2-10-3-5-11(6-4-10)7-16-12-14-8-13-9-15-12/h2-6,8-9H,1,7H2. The lowest BCUT2D eigenvalue weighted by Crippen LogP contribution is -1.87. The monoisotopic (exact) mass is 229 g/mol. The molecule has 0 atom stereocenters. The van der Waals surface area contributed by atoms with Gasteiger partial charge in [0.1, 0.15) is 12.7 Å². The summed E-state index contributed by atoms with van der Waals surface area (Å²) in [5, 5.41) is 0.753. The molecule has 0 radical (unpaired) electrons. The average Bonchev–Trinajstić information content (AvgIpc) is 2.38. The SMILES string of the molecule is C=Cc1ccc(CSc2ncncn2)cc1. The van der Waals surface area contributed by atoms with Gasteiger partial charge in [-0.3, -0.25) is 0 Å². The van der Waals surface area contributed by atoms with Crippen LogP contribution in [0.3, 0.4) is 0 Å². The molecule has 0 aliphatic rings.